The van der Waals surface area contributed by atoms with E-state index in [1.54, 1.807) is 18.0 Å². The molecule has 0 spiro atoms. The van der Waals surface area contributed by atoms with E-state index >= 15 is 0 Å². The average molecular weight is 480 g/mol. The van der Waals surface area contributed by atoms with Crippen molar-refractivity contribution in [1.82, 2.24) is 20.1 Å². The van der Waals surface area contributed by atoms with E-state index in [0.29, 0.717) is 55.0 Å². The second-order valence-corrected chi connectivity index (χ2v) is 10.1. The lowest BCUT2D eigenvalue weighted by atomic mass is 9.94. The quantitative estimate of drug-likeness (QED) is 0.477. The second kappa shape index (κ2) is 9.79. The van der Waals surface area contributed by atoms with Gasteiger partial charge in [0.25, 0.3) is 11.8 Å². The summed E-state index contributed by atoms with van der Waals surface area (Å²) < 4.78 is 4.74. The van der Waals surface area contributed by atoms with Crippen LogP contribution >= 0.6 is 0 Å². The molecule has 35 heavy (non-hydrogen) atoms. The number of fused-ring (bicyclic) bond motifs is 1. The van der Waals surface area contributed by atoms with Gasteiger partial charge in [-0.3, -0.25) is 19.3 Å². The lowest BCUT2D eigenvalue weighted by molar-refractivity contribution is -0.135. The van der Waals surface area contributed by atoms with Gasteiger partial charge in [0.1, 0.15) is 11.4 Å². The topological polar surface area (TPSA) is 99.8 Å². The number of benzene rings is 1. The third-order valence-electron chi connectivity index (χ3n) is 7.81. The minimum Gasteiger partial charge on any atom is -0.371 e. The number of anilines is 1. The molecule has 0 bridgehead atoms. The molecular formula is C26H33N5O4. The SMILES string of the molecule is Cc1nonc1CN(C)C(=O)C1CCN(c2cccc3c2C(=O)N(C2CCCCCC2)C3=O)CC1. The van der Waals surface area contributed by atoms with Crippen LogP contribution in [0.4, 0.5) is 5.69 Å². The van der Waals surface area contributed by atoms with Crippen molar-refractivity contribution in [1.29, 1.82) is 0 Å². The standard InChI is InChI=1S/C26H33N5O4/c1-17-21(28-35-27-17)16-29(2)24(32)18-12-14-30(15-13-18)22-11-7-10-20-23(22)26(34)31(25(20)33)19-8-5-3-4-6-9-19/h7,10-11,18-19H,3-6,8-9,12-16H2,1-2H3. The maximum absolute atomic E-state index is 13.5. The Morgan fingerprint density at radius 3 is 2.40 bits per heavy atom. The van der Waals surface area contributed by atoms with E-state index in [-0.39, 0.29) is 29.7 Å². The molecule has 1 saturated carbocycles. The first kappa shape index (κ1) is 23.5. The van der Waals surface area contributed by atoms with Crippen LogP contribution in [-0.4, -0.2) is 64.0 Å². The van der Waals surface area contributed by atoms with Crippen LogP contribution in [0.15, 0.2) is 22.8 Å². The summed E-state index contributed by atoms with van der Waals surface area (Å²) in [6.45, 7) is 3.50. The van der Waals surface area contributed by atoms with Crippen molar-refractivity contribution in [3.63, 3.8) is 0 Å². The van der Waals surface area contributed by atoms with Crippen LogP contribution < -0.4 is 4.90 Å². The van der Waals surface area contributed by atoms with E-state index in [1.165, 1.54) is 17.7 Å². The van der Waals surface area contributed by atoms with Gasteiger partial charge in [0.2, 0.25) is 5.91 Å². The van der Waals surface area contributed by atoms with Gasteiger partial charge in [-0.25, -0.2) is 4.63 Å². The van der Waals surface area contributed by atoms with E-state index in [4.69, 9.17) is 4.63 Å². The highest BCUT2D eigenvalue weighted by Gasteiger charge is 2.42. The van der Waals surface area contributed by atoms with Gasteiger partial charge in [-0.1, -0.05) is 42.1 Å². The Kier molecular flexibility index (Phi) is 6.58. The summed E-state index contributed by atoms with van der Waals surface area (Å²) in [6, 6.07) is 5.59. The largest absolute Gasteiger partial charge is 0.371 e. The monoisotopic (exact) mass is 479 g/mol. The van der Waals surface area contributed by atoms with Crippen molar-refractivity contribution in [3.05, 3.63) is 40.7 Å². The number of piperidine rings is 1. The number of aryl methyl sites for hydroxylation is 1. The summed E-state index contributed by atoms with van der Waals surface area (Å²) in [4.78, 5) is 45.2. The molecule has 186 valence electrons. The molecule has 0 atom stereocenters. The zero-order chi connectivity index (χ0) is 24.5. The molecule has 0 unspecified atom stereocenters. The van der Waals surface area contributed by atoms with Crippen LogP contribution in [-0.2, 0) is 11.3 Å². The summed E-state index contributed by atoms with van der Waals surface area (Å²) in [7, 11) is 1.78. The predicted molar refractivity (Wildman–Crippen MR) is 129 cm³/mol. The molecule has 2 fully saturated rings. The van der Waals surface area contributed by atoms with Crippen molar-refractivity contribution in [2.45, 2.75) is 70.9 Å². The van der Waals surface area contributed by atoms with E-state index in [1.807, 2.05) is 19.1 Å². The molecule has 3 heterocycles. The third kappa shape index (κ3) is 4.44. The minimum absolute atomic E-state index is 0.000184. The molecule has 1 aliphatic carbocycles. The number of amides is 3. The Hall–Kier alpha value is -3.23. The van der Waals surface area contributed by atoms with Gasteiger partial charge < -0.3 is 9.80 Å². The molecule has 1 aromatic carbocycles. The molecule has 0 N–H and O–H groups in total. The molecule has 1 aromatic heterocycles. The number of nitrogens with zero attached hydrogens (tertiary/aromatic N) is 5. The fourth-order valence-electron chi connectivity index (χ4n) is 5.77. The highest BCUT2D eigenvalue weighted by molar-refractivity contribution is 6.24. The maximum atomic E-state index is 13.5. The Bertz CT molecular complexity index is 1110. The summed E-state index contributed by atoms with van der Waals surface area (Å²) >= 11 is 0. The van der Waals surface area contributed by atoms with Crippen molar-refractivity contribution < 1.29 is 19.0 Å². The molecule has 3 aliphatic rings. The third-order valence-corrected chi connectivity index (χ3v) is 7.81. The lowest BCUT2D eigenvalue weighted by Crippen LogP contribution is -2.42. The number of hydrogen-bond donors (Lipinski definition) is 0. The van der Waals surface area contributed by atoms with Gasteiger partial charge in [-0.15, -0.1) is 0 Å². The van der Waals surface area contributed by atoms with Gasteiger partial charge in [-0.2, -0.15) is 0 Å². The lowest BCUT2D eigenvalue weighted by Gasteiger charge is -2.35. The predicted octanol–water partition coefficient (Wildman–Crippen LogP) is 3.57. The van der Waals surface area contributed by atoms with Crippen LogP contribution in [0.1, 0.15) is 83.5 Å². The number of hydrogen-bond acceptors (Lipinski definition) is 7. The van der Waals surface area contributed by atoms with E-state index in [9.17, 15) is 14.4 Å². The van der Waals surface area contributed by atoms with E-state index < -0.39 is 0 Å². The molecule has 2 aromatic rings. The van der Waals surface area contributed by atoms with Gasteiger partial charge in [0, 0.05) is 32.1 Å². The molecule has 2 aliphatic heterocycles. The van der Waals surface area contributed by atoms with Crippen LogP contribution in [0, 0.1) is 12.8 Å². The number of carbonyl (C=O) groups is 3. The molecule has 9 heteroatoms. The first-order valence-electron chi connectivity index (χ1n) is 12.7. The fourth-order valence-corrected chi connectivity index (χ4v) is 5.77. The summed E-state index contributed by atoms with van der Waals surface area (Å²) in [5.41, 5.74) is 3.23. The first-order chi connectivity index (χ1) is 17.0. The highest BCUT2D eigenvalue weighted by atomic mass is 16.6. The Balaban J connectivity index is 1.27. The highest BCUT2D eigenvalue weighted by Crippen LogP contribution is 2.37. The van der Waals surface area contributed by atoms with Crippen molar-refractivity contribution in [2.75, 3.05) is 25.0 Å². The van der Waals surface area contributed by atoms with Crippen LogP contribution in [0.5, 0.6) is 0 Å². The smallest absolute Gasteiger partial charge is 0.263 e. The number of carbonyl (C=O) groups excluding carboxylic acids is 3. The minimum atomic E-state index is -0.151. The van der Waals surface area contributed by atoms with Crippen molar-refractivity contribution in [2.24, 2.45) is 5.92 Å². The van der Waals surface area contributed by atoms with Crippen molar-refractivity contribution >= 4 is 23.4 Å². The Morgan fingerprint density at radius 2 is 1.74 bits per heavy atom. The number of imide groups is 1. The van der Waals surface area contributed by atoms with Crippen LogP contribution in [0.2, 0.25) is 0 Å². The summed E-state index contributed by atoms with van der Waals surface area (Å²) in [6.07, 6.45) is 7.64. The second-order valence-electron chi connectivity index (χ2n) is 10.1. The molecule has 3 amide bonds. The summed E-state index contributed by atoms with van der Waals surface area (Å²) in [5, 5.41) is 7.65. The Morgan fingerprint density at radius 1 is 1.03 bits per heavy atom. The Labute approximate surface area is 205 Å². The normalized spacial score (nSPS) is 19.7. The van der Waals surface area contributed by atoms with Gasteiger partial charge in [-0.05, 0) is 44.7 Å². The van der Waals surface area contributed by atoms with Gasteiger partial charge in [0.15, 0.2) is 0 Å². The molecule has 5 rings (SSSR count). The number of rotatable bonds is 5. The van der Waals surface area contributed by atoms with Gasteiger partial charge in [0.05, 0.1) is 23.4 Å². The number of aromatic nitrogens is 2. The van der Waals surface area contributed by atoms with Crippen LogP contribution in [0.3, 0.4) is 0 Å². The molecule has 0 radical (unpaired) electrons. The molecular weight excluding hydrogens is 446 g/mol. The first-order valence-corrected chi connectivity index (χ1v) is 12.7. The zero-order valence-corrected chi connectivity index (χ0v) is 20.5. The van der Waals surface area contributed by atoms with E-state index in [0.717, 1.165) is 31.4 Å². The zero-order valence-electron chi connectivity index (χ0n) is 20.5. The molecule has 1 saturated heterocycles. The van der Waals surface area contributed by atoms with E-state index in [2.05, 4.69) is 15.2 Å². The van der Waals surface area contributed by atoms with Gasteiger partial charge >= 0.3 is 0 Å². The van der Waals surface area contributed by atoms with Crippen LogP contribution in [0.25, 0.3) is 0 Å². The fraction of sp³-hybridized carbons (Fsp3) is 0.577. The maximum Gasteiger partial charge on any atom is 0.263 e. The summed E-state index contributed by atoms with van der Waals surface area (Å²) in [5.74, 6) is -0.311. The van der Waals surface area contributed by atoms with Crippen molar-refractivity contribution in [3.8, 4) is 0 Å². The molecule has 9 nitrogen and oxygen atoms in total. The average Bonchev–Trinajstić information content (AvgIpc) is 3.25.